The molecule has 4 nitrogen and oxygen atoms in total. The van der Waals surface area contributed by atoms with E-state index in [0.29, 0.717) is 0 Å². The molecule has 0 aromatic heterocycles. The van der Waals surface area contributed by atoms with Crippen LogP contribution in [0.15, 0.2) is 0 Å². The summed E-state index contributed by atoms with van der Waals surface area (Å²) in [7, 11) is 0. The average Bonchev–Trinajstić information content (AvgIpc) is 1.62. The van der Waals surface area contributed by atoms with Crippen LogP contribution in [0.3, 0.4) is 0 Å². The van der Waals surface area contributed by atoms with Gasteiger partial charge in [-0.2, -0.15) is 0 Å². The van der Waals surface area contributed by atoms with Gasteiger partial charge in [0.2, 0.25) is 0 Å². The molecule has 0 amide bonds. The Morgan fingerprint density at radius 1 is 1.40 bits per heavy atom. The van der Waals surface area contributed by atoms with E-state index in [9.17, 15) is 9.18 Å². The van der Waals surface area contributed by atoms with Crippen LogP contribution in [0.5, 0.6) is 0 Å². The van der Waals surface area contributed by atoms with Crippen LogP contribution in [0.25, 0.3) is 0 Å². The topological polar surface area (TPSA) is 77.8 Å². The van der Waals surface area contributed by atoms with E-state index in [1.807, 2.05) is 0 Å². The quantitative estimate of drug-likeness (QED) is 0.421. The first-order chi connectivity index (χ1) is 4.19. The van der Waals surface area contributed by atoms with Crippen LogP contribution in [0.4, 0.5) is 4.39 Å². The number of alkyl halides is 3. The molecule has 0 saturated carbocycles. The molecular weight excluding hydrogens is 190 g/mol. The Labute approximate surface area is 64.8 Å². The number of carboxylic acid groups (broad SMARTS) is 1. The van der Waals surface area contributed by atoms with Crippen LogP contribution in [0.2, 0.25) is 0 Å². The van der Waals surface area contributed by atoms with Crippen molar-refractivity contribution < 1.29 is 24.5 Å². The SMILES string of the molecule is O=C(O)C(O)(O)C(F)(Cl)Cl. The summed E-state index contributed by atoms with van der Waals surface area (Å²) in [6.07, 6.45) is 0. The van der Waals surface area contributed by atoms with E-state index in [0.717, 1.165) is 0 Å². The lowest BCUT2D eigenvalue weighted by atomic mass is 10.3. The maximum atomic E-state index is 12.1. The summed E-state index contributed by atoms with van der Waals surface area (Å²) in [6.45, 7) is 0. The van der Waals surface area contributed by atoms with Crippen molar-refractivity contribution in [1.29, 1.82) is 0 Å². The highest BCUT2D eigenvalue weighted by atomic mass is 35.5. The van der Waals surface area contributed by atoms with Crippen molar-refractivity contribution in [3.63, 3.8) is 0 Å². The summed E-state index contributed by atoms with van der Waals surface area (Å²) in [6, 6.07) is 0. The van der Waals surface area contributed by atoms with Gasteiger partial charge < -0.3 is 15.3 Å². The van der Waals surface area contributed by atoms with Crippen LogP contribution in [0.1, 0.15) is 0 Å². The lowest BCUT2D eigenvalue weighted by molar-refractivity contribution is -0.220. The van der Waals surface area contributed by atoms with Crippen LogP contribution >= 0.6 is 23.2 Å². The molecule has 3 N–H and O–H groups in total. The maximum absolute atomic E-state index is 12.1. The minimum Gasteiger partial charge on any atom is -0.477 e. The van der Waals surface area contributed by atoms with Crippen molar-refractivity contribution in [3.05, 3.63) is 0 Å². The first kappa shape index (κ1) is 9.90. The number of hydrogen-bond donors (Lipinski definition) is 3. The summed E-state index contributed by atoms with van der Waals surface area (Å²) in [4.78, 5) is 9.76. The lowest BCUT2D eigenvalue weighted by Crippen LogP contribution is -2.50. The van der Waals surface area contributed by atoms with E-state index >= 15 is 0 Å². The van der Waals surface area contributed by atoms with Gasteiger partial charge in [-0.05, 0) is 0 Å². The van der Waals surface area contributed by atoms with E-state index in [-0.39, 0.29) is 0 Å². The predicted molar refractivity (Wildman–Crippen MR) is 30.3 cm³/mol. The molecule has 0 spiro atoms. The molecule has 0 atom stereocenters. The van der Waals surface area contributed by atoms with Crippen molar-refractivity contribution >= 4 is 29.2 Å². The Morgan fingerprint density at radius 3 is 1.70 bits per heavy atom. The Bertz CT molecular complexity index is 151. The van der Waals surface area contributed by atoms with Gasteiger partial charge >= 0.3 is 16.3 Å². The van der Waals surface area contributed by atoms with Crippen molar-refractivity contribution in [2.24, 2.45) is 0 Å². The fourth-order valence-electron chi connectivity index (χ4n) is 0.121. The van der Waals surface area contributed by atoms with E-state index in [1.54, 1.807) is 0 Å². The molecule has 0 aliphatic carbocycles. The predicted octanol–water partition coefficient (Wildman–Crippen LogP) is -0.147. The first-order valence-electron chi connectivity index (χ1n) is 1.94. The fraction of sp³-hybridized carbons (Fsp3) is 0.667. The third-order valence-corrected chi connectivity index (χ3v) is 1.22. The second kappa shape index (κ2) is 2.50. The van der Waals surface area contributed by atoms with Gasteiger partial charge in [0.1, 0.15) is 0 Å². The highest BCUT2D eigenvalue weighted by Crippen LogP contribution is 2.33. The highest BCUT2D eigenvalue weighted by molar-refractivity contribution is 6.48. The molecule has 0 radical (unpaired) electrons. The number of aliphatic carboxylic acids is 1. The number of carbonyl (C=O) groups is 1. The van der Waals surface area contributed by atoms with Crippen molar-refractivity contribution in [2.45, 2.75) is 10.4 Å². The van der Waals surface area contributed by atoms with Crippen molar-refractivity contribution in [3.8, 4) is 0 Å². The highest BCUT2D eigenvalue weighted by Gasteiger charge is 2.55. The smallest absolute Gasteiger partial charge is 0.370 e. The molecule has 0 aromatic rings. The van der Waals surface area contributed by atoms with Gasteiger partial charge in [0, 0.05) is 0 Å². The number of hydrogen-bond acceptors (Lipinski definition) is 3. The third-order valence-electron chi connectivity index (χ3n) is 0.694. The van der Waals surface area contributed by atoms with Crippen LogP contribution in [-0.4, -0.2) is 31.7 Å². The van der Waals surface area contributed by atoms with Crippen molar-refractivity contribution in [2.75, 3.05) is 0 Å². The second-order valence-electron chi connectivity index (χ2n) is 1.48. The van der Waals surface area contributed by atoms with E-state index < -0.39 is 16.3 Å². The van der Waals surface area contributed by atoms with Crippen molar-refractivity contribution in [1.82, 2.24) is 0 Å². The summed E-state index contributed by atoms with van der Waals surface area (Å²) < 4.78 is 8.44. The van der Waals surface area contributed by atoms with Gasteiger partial charge in [0.25, 0.3) is 0 Å². The summed E-state index contributed by atoms with van der Waals surface area (Å²) in [5.41, 5.74) is 0. The number of halogens is 3. The molecule has 0 saturated heterocycles. The molecule has 60 valence electrons. The van der Waals surface area contributed by atoms with Crippen LogP contribution in [0, 0.1) is 0 Å². The summed E-state index contributed by atoms with van der Waals surface area (Å²) in [5, 5.41) is 24.4. The number of aliphatic hydroxyl groups is 2. The molecule has 0 bridgehead atoms. The van der Waals surface area contributed by atoms with Gasteiger partial charge in [0.15, 0.2) is 0 Å². The van der Waals surface area contributed by atoms with Gasteiger partial charge in [-0.3, -0.25) is 0 Å². The molecule has 0 fully saturated rings. The monoisotopic (exact) mass is 192 g/mol. The zero-order valence-electron chi connectivity index (χ0n) is 4.38. The molecular formula is C3H3Cl2FO4. The Hall–Kier alpha value is -0.100. The van der Waals surface area contributed by atoms with Gasteiger partial charge in [0.05, 0.1) is 0 Å². The zero-order valence-corrected chi connectivity index (χ0v) is 5.90. The van der Waals surface area contributed by atoms with E-state index in [4.69, 9.17) is 15.3 Å². The van der Waals surface area contributed by atoms with Gasteiger partial charge in [-0.25, -0.2) is 9.18 Å². The Morgan fingerprint density at radius 2 is 1.70 bits per heavy atom. The molecule has 0 rings (SSSR count). The van der Waals surface area contributed by atoms with E-state index in [2.05, 4.69) is 23.2 Å². The van der Waals surface area contributed by atoms with E-state index in [1.165, 1.54) is 0 Å². The standard InChI is InChI=1S/C3H3Cl2FO4/c4-3(5,6)2(9,10)1(7)8/h9-10H,(H,7,8). The Balaban J connectivity index is 4.57. The number of rotatable bonds is 2. The molecule has 0 unspecified atom stereocenters. The number of carboxylic acids is 1. The van der Waals surface area contributed by atoms with Gasteiger partial charge in [-0.1, -0.05) is 23.2 Å². The minimum absolute atomic E-state index is 2.26. The normalized spacial score (nSPS) is 13.3. The fourth-order valence-corrected chi connectivity index (χ4v) is 0.283. The summed E-state index contributed by atoms with van der Waals surface area (Å²) in [5.74, 6) is -6.05. The lowest BCUT2D eigenvalue weighted by Gasteiger charge is -2.21. The minimum atomic E-state index is -3.78. The molecule has 7 heteroatoms. The Kier molecular flexibility index (Phi) is 2.48. The zero-order chi connectivity index (χ0) is 8.58. The molecule has 0 aliphatic heterocycles. The molecule has 0 aromatic carbocycles. The molecule has 10 heavy (non-hydrogen) atoms. The average molecular weight is 193 g/mol. The van der Waals surface area contributed by atoms with Gasteiger partial charge in [-0.15, -0.1) is 0 Å². The van der Waals surface area contributed by atoms with Crippen LogP contribution in [-0.2, 0) is 4.79 Å². The summed E-state index contributed by atoms with van der Waals surface area (Å²) >= 11 is 8.88. The van der Waals surface area contributed by atoms with Crippen LogP contribution < -0.4 is 0 Å². The first-order valence-corrected chi connectivity index (χ1v) is 2.70. The largest absolute Gasteiger partial charge is 0.477 e. The molecule has 0 aliphatic rings. The molecule has 0 heterocycles. The second-order valence-corrected chi connectivity index (χ2v) is 2.71. The third kappa shape index (κ3) is 1.69. The maximum Gasteiger partial charge on any atom is 0.370 e.